The highest BCUT2D eigenvalue weighted by molar-refractivity contribution is 7.09. The van der Waals surface area contributed by atoms with Crippen molar-refractivity contribution in [3.05, 3.63) is 45.4 Å². The number of aryl methyl sites for hydroxylation is 2. The second-order valence-electron chi connectivity index (χ2n) is 6.67. The number of amides is 1. The Morgan fingerprint density at radius 3 is 2.65 bits per heavy atom. The van der Waals surface area contributed by atoms with E-state index >= 15 is 0 Å². The molecule has 23 heavy (non-hydrogen) atoms. The van der Waals surface area contributed by atoms with Crippen molar-refractivity contribution < 1.29 is 9.53 Å². The second-order valence-corrected chi connectivity index (χ2v) is 7.74. The van der Waals surface area contributed by atoms with Crippen molar-refractivity contribution in [3.8, 4) is 5.75 Å². The van der Waals surface area contributed by atoms with Crippen LogP contribution >= 0.6 is 11.3 Å². The topological polar surface area (TPSA) is 51.2 Å². The lowest BCUT2D eigenvalue weighted by Gasteiger charge is -2.23. The maximum atomic E-state index is 12.0. The van der Waals surface area contributed by atoms with Crippen LogP contribution in [0.5, 0.6) is 5.75 Å². The van der Waals surface area contributed by atoms with E-state index in [0.29, 0.717) is 6.54 Å². The summed E-state index contributed by atoms with van der Waals surface area (Å²) in [5, 5.41) is 5.78. The quantitative estimate of drug-likeness (QED) is 0.907. The summed E-state index contributed by atoms with van der Waals surface area (Å²) in [6, 6.07) is 6.05. The van der Waals surface area contributed by atoms with Crippen molar-refractivity contribution in [2.75, 3.05) is 6.61 Å². The number of benzene rings is 1. The number of hydrogen-bond acceptors (Lipinski definition) is 4. The Balaban J connectivity index is 1.94. The molecular formula is C18H24N2O2S. The SMILES string of the molecule is Cc1ccc(OCC(=O)NCc2csc(C)n2)c(C(C)(C)C)c1. The molecule has 0 unspecified atom stereocenters. The van der Waals surface area contributed by atoms with E-state index in [1.807, 2.05) is 24.4 Å². The maximum absolute atomic E-state index is 12.0. The molecule has 0 aliphatic heterocycles. The van der Waals surface area contributed by atoms with Crippen molar-refractivity contribution in [2.24, 2.45) is 0 Å². The van der Waals surface area contributed by atoms with Crippen LogP contribution in [0.3, 0.4) is 0 Å². The molecule has 4 nitrogen and oxygen atoms in total. The van der Waals surface area contributed by atoms with Crippen molar-refractivity contribution >= 4 is 17.2 Å². The zero-order chi connectivity index (χ0) is 17.0. The smallest absolute Gasteiger partial charge is 0.258 e. The van der Waals surface area contributed by atoms with E-state index in [4.69, 9.17) is 4.74 Å². The highest BCUT2D eigenvalue weighted by Crippen LogP contribution is 2.32. The monoisotopic (exact) mass is 332 g/mol. The van der Waals surface area contributed by atoms with Crippen LogP contribution in [0.4, 0.5) is 0 Å². The molecule has 1 amide bonds. The van der Waals surface area contributed by atoms with E-state index in [-0.39, 0.29) is 17.9 Å². The Morgan fingerprint density at radius 1 is 1.30 bits per heavy atom. The lowest BCUT2D eigenvalue weighted by molar-refractivity contribution is -0.123. The Hall–Kier alpha value is -1.88. The van der Waals surface area contributed by atoms with Gasteiger partial charge in [0.05, 0.1) is 17.2 Å². The van der Waals surface area contributed by atoms with Gasteiger partial charge in [0.1, 0.15) is 5.75 Å². The number of ether oxygens (including phenoxy) is 1. The Bertz CT molecular complexity index is 687. The molecule has 124 valence electrons. The molecule has 0 saturated heterocycles. The molecule has 0 atom stereocenters. The summed E-state index contributed by atoms with van der Waals surface area (Å²) < 4.78 is 5.74. The molecule has 0 aliphatic carbocycles. The zero-order valence-corrected chi connectivity index (χ0v) is 15.2. The van der Waals surface area contributed by atoms with Gasteiger partial charge in [0.15, 0.2) is 6.61 Å². The van der Waals surface area contributed by atoms with Crippen LogP contribution in [0.25, 0.3) is 0 Å². The third-order valence-corrected chi connectivity index (χ3v) is 4.26. The molecule has 0 aliphatic rings. The van der Waals surface area contributed by atoms with Gasteiger partial charge >= 0.3 is 0 Å². The molecule has 0 spiro atoms. The highest BCUT2D eigenvalue weighted by Gasteiger charge is 2.19. The fourth-order valence-corrected chi connectivity index (χ4v) is 2.84. The number of carbonyl (C=O) groups is 1. The van der Waals surface area contributed by atoms with Crippen LogP contribution < -0.4 is 10.1 Å². The van der Waals surface area contributed by atoms with Crippen LogP contribution in [0, 0.1) is 13.8 Å². The van der Waals surface area contributed by atoms with Gasteiger partial charge in [-0.1, -0.05) is 38.5 Å². The minimum absolute atomic E-state index is 0.00919. The molecule has 5 heteroatoms. The number of carbonyl (C=O) groups excluding carboxylic acids is 1. The minimum atomic E-state index is -0.143. The molecule has 0 bridgehead atoms. The Kier molecular flexibility index (Phi) is 5.42. The van der Waals surface area contributed by atoms with E-state index in [1.165, 1.54) is 5.56 Å². The number of nitrogens with zero attached hydrogens (tertiary/aromatic N) is 1. The summed E-state index contributed by atoms with van der Waals surface area (Å²) in [5.41, 5.74) is 3.15. The van der Waals surface area contributed by atoms with Crippen molar-refractivity contribution in [3.63, 3.8) is 0 Å². The van der Waals surface area contributed by atoms with E-state index in [9.17, 15) is 4.79 Å². The first-order valence-electron chi connectivity index (χ1n) is 7.67. The lowest BCUT2D eigenvalue weighted by Crippen LogP contribution is -2.29. The largest absolute Gasteiger partial charge is 0.483 e. The molecule has 1 aromatic heterocycles. The summed E-state index contributed by atoms with van der Waals surface area (Å²) in [5.74, 6) is 0.624. The third kappa shape index (κ3) is 5.06. The van der Waals surface area contributed by atoms with Gasteiger partial charge in [0, 0.05) is 5.38 Å². The molecule has 1 aromatic carbocycles. The average molecular weight is 332 g/mol. The number of hydrogen-bond donors (Lipinski definition) is 1. The predicted molar refractivity (Wildman–Crippen MR) is 94.1 cm³/mol. The van der Waals surface area contributed by atoms with E-state index in [2.05, 4.69) is 44.1 Å². The highest BCUT2D eigenvalue weighted by atomic mass is 32.1. The van der Waals surface area contributed by atoms with Gasteiger partial charge in [-0.25, -0.2) is 4.98 Å². The van der Waals surface area contributed by atoms with Crippen molar-refractivity contribution in [1.29, 1.82) is 0 Å². The fraction of sp³-hybridized carbons (Fsp3) is 0.444. The summed E-state index contributed by atoms with van der Waals surface area (Å²) >= 11 is 1.58. The number of rotatable bonds is 5. The van der Waals surface area contributed by atoms with E-state index < -0.39 is 0 Å². The van der Waals surface area contributed by atoms with Gasteiger partial charge in [-0.3, -0.25) is 4.79 Å². The minimum Gasteiger partial charge on any atom is -0.483 e. The Labute approximate surface area is 141 Å². The molecule has 1 heterocycles. The molecule has 0 fully saturated rings. The van der Waals surface area contributed by atoms with Gasteiger partial charge in [0.2, 0.25) is 0 Å². The first kappa shape index (κ1) is 17.5. The van der Waals surface area contributed by atoms with Gasteiger partial charge in [-0.15, -0.1) is 11.3 Å². The summed E-state index contributed by atoms with van der Waals surface area (Å²) in [6.07, 6.45) is 0. The number of aromatic nitrogens is 1. The van der Waals surface area contributed by atoms with Gasteiger partial charge < -0.3 is 10.1 Å². The lowest BCUT2D eigenvalue weighted by atomic mass is 9.85. The van der Waals surface area contributed by atoms with Crippen molar-refractivity contribution in [1.82, 2.24) is 10.3 Å². The van der Waals surface area contributed by atoms with E-state index in [0.717, 1.165) is 22.0 Å². The van der Waals surface area contributed by atoms with Crippen LogP contribution in [0.15, 0.2) is 23.6 Å². The van der Waals surface area contributed by atoms with E-state index in [1.54, 1.807) is 11.3 Å². The van der Waals surface area contributed by atoms with Gasteiger partial charge in [0.25, 0.3) is 5.91 Å². The normalized spacial score (nSPS) is 11.3. The second kappa shape index (κ2) is 7.13. The molecule has 1 N–H and O–H groups in total. The first-order valence-corrected chi connectivity index (χ1v) is 8.55. The molecule has 0 radical (unpaired) electrons. The molecule has 2 rings (SSSR count). The van der Waals surface area contributed by atoms with Crippen molar-refractivity contribution in [2.45, 2.75) is 46.6 Å². The van der Waals surface area contributed by atoms with Gasteiger partial charge in [-0.05, 0) is 30.9 Å². The average Bonchev–Trinajstić information content (AvgIpc) is 2.88. The zero-order valence-electron chi connectivity index (χ0n) is 14.4. The number of thiazole rings is 1. The molecular weight excluding hydrogens is 308 g/mol. The standard InChI is InChI=1S/C18H24N2O2S/c1-12-6-7-16(15(8-12)18(3,4)5)22-10-17(21)19-9-14-11-23-13(2)20-14/h6-8,11H,9-10H2,1-5H3,(H,19,21). The number of nitrogens with one attached hydrogen (secondary N) is 1. The fourth-order valence-electron chi connectivity index (χ4n) is 2.23. The van der Waals surface area contributed by atoms with Crippen LogP contribution in [-0.2, 0) is 16.8 Å². The summed E-state index contributed by atoms with van der Waals surface area (Å²) in [7, 11) is 0. The first-order chi connectivity index (χ1) is 10.8. The molecule has 2 aromatic rings. The Morgan fingerprint density at radius 2 is 2.04 bits per heavy atom. The predicted octanol–water partition coefficient (Wildman–Crippen LogP) is 3.75. The maximum Gasteiger partial charge on any atom is 0.258 e. The van der Waals surface area contributed by atoms with Crippen LogP contribution in [-0.4, -0.2) is 17.5 Å². The summed E-state index contributed by atoms with van der Waals surface area (Å²) in [4.78, 5) is 16.3. The summed E-state index contributed by atoms with van der Waals surface area (Å²) in [6.45, 7) is 10.9. The van der Waals surface area contributed by atoms with Crippen LogP contribution in [0.1, 0.15) is 42.6 Å². The molecule has 0 saturated carbocycles. The van der Waals surface area contributed by atoms with Gasteiger partial charge in [-0.2, -0.15) is 0 Å². The van der Waals surface area contributed by atoms with Crippen LogP contribution in [0.2, 0.25) is 0 Å². The third-order valence-electron chi connectivity index (χ3n) is 3.44.